The zero-order chi connectivity index (χ0) is 4.99. The summed E-state index contributed by atoms with van der Waals surface area (Å²) >= 11 is 10.3. The van der Waals surface area contributed by atoms with Gasteiger partial charge in [0.1, 0.15) is 0 Å². The van der Waals surface area contributed by atoms with Gasteiger partial charge in [-0.1, -0.05) is 0 Å². The highest BCUT2D eigenvalue weighted by Gasteiger charge is 1.91. The molecule has 0 aliphatic rings. The molecule has 0 unspecified atom stereocenters. The van der Waals surface area contributed by atoms with Crippen LogP contribution in [0.4, 0.5) is 0 Å². The van der Waals surface area contributed by atoms with Crippen LogP contribution in [0.5, 0.6) is 0 Å². The van der Waals surface area contributed by atoms with E-state index in [9.17, 15) is 0 Å². The van der Waals surface area contributed by atoms with Crippen molar-refractivity contribution >= 4 is 29.3 Å². The summed E-state index contributed by atoms with van der Waals surface area (Å²) in [7, 11) is 0. The van der Waals surface area contributed by atoms with Gasteiger partial charge in [-0.05, 0) is 29.4 Å². The van der Waals surface area contributed by atoms with E-state index in [0.717, 1.165) is 0 Å². The van der Waals surface area contributed by atoms with Crippen LogP contribution in [-0.2, 0) is 4.52 Å². The second-order valence-electron chi connectivity index (χ2n) is 0.535. The summed E-state index contributed by atoms with van der Waals surface area (Å²) in [6.07, 6.45) is 0. The normalized spacial score (nSPS) is 10.0. The molecule has 37 valence electrons. The first-order valence-corrected chi connectivity index (χ1v) is 4.38. The molecule has 0 fully saturated rings. The molecule has 0 rings (SSSR count). The first kappa shape index (κ1) is 6.97. The van der Waals surface area contributed by atoms with E-state index in [4.69, 9.17) is 22.5 Å². The van der Waals surface area contributed by atoms with Gasteiger partial charge in [0.05, 0.1) is 6.61 Å². The van der Waals surface area contributed by atoms with Gasteiger partial charge < -0.3 is 4.52 Å². The van der Waals surface area contributed by atoms with Crippen molar-refractivity contribution in [3.05, 3.63) is 6.92 Å². The van der Waals surface area contributed by atoms with Crippen molar-refractivity contribution in [3.63, 3.8) is 0 Å². The van der Waals surface area contributed by atoms with E-state index in [1.807, 2.05) is 0 Å². The lowest BCUT2D eigenvalue weighted by Gasteiger charge is -1.93. The number of hydrogen-bond donors (Lipinski definition) is 0. The van der Waals surface area contributed by atoms with E-state index >= 15 is 0 Å². The van der Waals surface area contributed by atoms with Gasteiger partial charge in [0.25, 0.3) is 0 Å². The third-order valence-electron chi connectivity index (χ3n) is 0.189. The van der Waals surface area contributed by atoms with Gasteiger partial charge in [0.15, 0.2) is 0 Å². The van der Waals surface area contributed by atoms with Crippen LogP contribution >= 0.6 is 29.3 Å². The molecule has 0 aromatic carbocycles. The Morgan fingerprint density at radius 2 is 2.17 bits per heavy atom. The van der Waals surface area contributed by atoms with Gasteiger partial charge in [0, 0.05) is 0 Å². The minimum absolute atomic E-state index is 0.346. The Morgan fingerprint density at radius 1 is 1.67 bits per heavy atom. The average molecular weight is 146 g/mol. The number of rotatable bonds is 2. The third kappa shape index (κ3) is 4.97. The molecule has 1 radical (unpaired) electrons. The van der Waals surface area contributed by atoms with Gasteiger partial charge in [-0.2, -0.15) is 0 Å². The van der Waals surface area contributed by atoms with Crippen molar-refractivity contribution < 1.29 is 4.52 Å². The molecular weight excluding hydrogens is 142 g/mol. The summed E-state index contributed by atoms with van der Waals surface area (Å²) in [5.74, 6) is 0. The molecule has 0 aromatic heterocycles. The quantitative estimate of drug-likeness (QED) is 0.543. The summed E-state index contributed by atoms with van der Waals surface area (Å²) in [5.41, 5.74) is 0. The van der Waals surface area contributed by atoms with Crippen molar-refractivity contribution in [2.45, 2.75) is 0 Å². The molecule has 0 bridgehead atoms. The van der Waals surface area contributed by atoms with Crippen molar-refractivity contribution in [1.29, 1.82) is 0 Å². The van der Waals surface area contributed by atoms with Crippen LogP contribution in [0.2, 0.25) is 0 Å². The molecule has 0 aliphatic carbocycles. The second kappa shape index (κ2) is 4.14. The Kier molecular flexibility index (Phi) is 4.81. The summed E-state index contributed by atoms with van der Waals surface area (Å²) < 4.78 is 4.53. The molecule has 0 amide bonds. The van der Waals surface area contributed by atoms with E-state index in [-0.39, 0.29) is 0 Å². The van der Waals surface area contributed by atoms with Gasteiger partial charge in [0.2, 0.25) is 6.85 Å². The van der Waals surface area contributed by atoms with Crippen LogP contribution < -0.4 is 0 Å². The summed E-state index contributed by atoms with van der Waals surface area (Å²) in [5, 5.41) is 0. The lowest BCUT2D eigenvalue weighted by atomic mass is 10.9. The predicted octanol–water partition coefficient (Wildman–Crippen LogP) is 2.54. The predicted molar refractivity (Wildman–Crippen MR) is 29.9 cm³/mol. The van der Waals surface area contributed by atoms with E-state index < -0.39 is 6.85 Å². The third-order valence-corrected chi connectivity index (χ3v) is 1.15. The Balaban J connectivity index is 2.63. The highest BCUT2D eigenvalue weighted by atomic mass is 35.9. The van der Waals surface area contributed by atoms with E-state index in [1.165, 1.54) is 0 Å². The molecule has 0 spiro atoms. The molecule has 6 heavy (non-hydrogen) atoms. The maximum Gasteiger partial charge on any atom is 0.225 e. The fraction of sp³-hybridized carbons (Fsp3) is 0.500. The molecule has 0 saturated carbocycles. The van der Waals surface area contributed by atoms with Crippen molar-refractivity contribution in [2.24, 2.45) is 0 Å². The van der Waals surface area contributed by atoms with Gasteiger partial charge in [-0.25, -0.2) is 0 Å². The lowest BCUT2D eigenvalue weighted by molar-refractivity contribution is 0.418. The maximum atomic E-state index is 5.15. The molecular formula is C2H4Cl2OP. The van der Waals surface area contributed by atoms with Crippen LogP contribution in [0.3, 0.4) is 0 Å². The van der Waals surface area contributed by atoms with Gasteiger partial charge in [-0.3, -0.25) is 0 Å². The lowest BCUT2D eigenvalue weighted by Crippen LogP contribution is -1.71. The first-order valence-electron chi connectivity index (χ1n) is 1.31. The van der Waals surface area contributed by atoms with Crippen LogP contribution in [-0.4, -0.2) is 6.61 Å². The van der Waals surface area contributed by atoms with Gasteiger partial charge >= 0.3 is 0 Å². The first-order chi connectivity index (χ1) is 2.77. The monoisotopic (exact) mass is 145 g/mol. The number of halogens is 2. The van der Waals surface area contributed by atoms with Gasteiger partial charge in [-0.15, -0.1) is 0 Å². The summed E-state index contributed by atoms with van der Waals surface area (Å²) in [6, 6.07) is 0. The van der Waals surface area contributed by atoms with Crippen molar-refractivity contribution in [3.8, 4) is 0 Å². The second-order valence-corrected chi connectivity index (χ2v) is 3.56. The highest BCUT2D eigenvalue weighted by Crippen LogP contribution is 2.47. The van der Waals surface area contributed by atoms with Crippen molar-refractivity contribution in [2.75, 3.05) is 6.61 Å². The van der Waals surface area contributed by atoms with Crippen molar-refractivity contribution in [1.82, 2.24) is 0 Å². The Labute approximate surface area is 48.0 Å². The zero-order valence-electron chi connectivity index (χ0n) is 3.03. The van der Waals surface area contributed by atoms with Crippen LogP contribution in [0, 0.1) is 6.92 Å². The van der Waals surface area contributed by atoms with Crippen LogP contribution in [0.15, 0.2) is 0 Å². The van der Waals surface area contributed by atoms with Crippen LogP contribution in [0.1, 0.15) is 0 Å². The molecule has 1 nitrogen and oxygen atoms in total. The SMILES string of the molecule is [CH2]COP(Cl)Cl. The van der Waals surface area contributed by atoms with E-state index in [2.05, 4.69) is 11.4 Å². The highest BCUT2D eigenvalue weighted by molar-refractivity contribution is 8.00. The van der Waals surface area contributed by atoms with E-state index in [1.54, 1.807) is 0 Å². The van der Waals surface area contributed by atoms with Crippen LogP contribution in [0.25, 0.3) is 0 Å². The molecule has 0 heterocycles. The van der Waals surface area contributed by atoms with E-state index in [0.29, 0.717) is 6.61 Å². The molecule has 4 heteroatoms. The smallest absolute Gasteiger partial charge is 0.225 e. The largest absolute Gasteiger partial charge is 0.332 e. The minimum Gasteiger partial charge on any atom is -0.332 e. The molecule has 0 saturated heterocycles. The standard InChI is InChI=1S/C2H4Cl2OP/c1-2-5-6(3)4/h1-2H2. The fourth-order valence-electron chi connectivity index (χ4n) is 0.0690. The zero-order valence-corrected chi connectivity index (χ0v) is 5.43. The number of hydrogen-bond acceptors (Lipinski definition) is 1. The summed E-state index contributed by atoms with van der Waals surface area (Å²) in [6.45, 7) is 2.48. The Bertz CT molecular complexity index is 32.7. The summed E-state index contributed by atoms with van der Waals surface area (Å²) in [4.78, 5) is 0. The Morgan fingerprint density at radius 3 is 2.17 bits per heavy atom. The molecule has 0 aromatic rings. The topological polar surface area (TPSA) is 9.23 Å². The molecule has 0 atom stereocenters. The maximum absolute atomic E-state index is 5.15. The fourth-order valence-corrected chi connectivity index (χ4v) is 0.621. The minimum atomic E-state index is -1.22. The molecule has 0 N–H and O–H groups in total. The average Bonchev–Trinajstić information content (AvgIpc) is 1.35. The Hall–Kier alpha value is 0.970. The molecule has 0 aliphatic heterocycles.